The maximum absolute atomic E-state index is 13.8. The van der Waals surface area contributed by atoms with E-state index in [1.807, 2.05) is 19.1 Å². The fourth-order valence-electron chi connectivity index (χ4n) is 4.54. The maximum atomic E-state index is 13.8. The van der Waals surface area contributed by atoms with Crippen LogP contribution >= 0.6 is 0 Å². The summed E-state index contributed by atoms with van der Waals surface area (Å²) >= 11 is 0. The molecule has 0 unspecified atom stereocenters. The fraction of sp³-hybridized carbons (Fsp3) is 0.435. The molecule has 0 spiro atoms. The molecule has 0 aromatic heterocycles. The number of sulfonamides is 2. The van der Waals surface area contributed by atoms with E-state index in [0.29, 0.717) is 29.7 Å². The number of anilines is 1. The summed E-state index contributed by atoms with van der Waals surface area (Å²) in [6, 6.07) is 8.85. The van der Waals surface area contributed by atoms with Crippen LogP contribution in [0.1, 0.15) is 48.8 Å². The zero-order valence-corrected chi connectivity index (χ0v) is 20.8. The van der Waals surface area contributed by atoms with Crippen molar-refractivity contribution in [2.75, 3.05) is 11.9 Å². The second kappa shape index (κ2) is 9.92. The van der Waals surface area contributed by atoms with E-state index in [9.17, 15) is 21.6 Å². The van der Waals surface area contributed by atoms with Crippen molar-refractivity contribution >= 4 is 31.6 Å². The second-order valence-electron chi connectivity index (χ2n) is 8.69. The summed E-state index contributed by atoms with van der Waals surface area (Å²) in [5, 5.41) is 7.78. The van der Waals surface area contributed by atoms with Crippen LogP contribution in [-0.4, -0.2) is 39.6 Å². The molecule has 33 heavy (non-hydrogen) atoms. The number of hydrogen-bond acceptors (Lipinski definition) is 5. The average molecular weight is 494 g/mol. The van der Waals surface area contributed by atoms with Gasteiger partial charge in [0.2, 0.25) is 26.0 Å². The van der Waals surface area contributed by atoms with Gasteiger partial charge in [-0.05, 0) is 69.0 Å². The van der Waals surface area contributed by atoms with Gasteiger partial charge in [0.15, 0.2) is 0 Å². The number of rotatable bonds is 7. The van der Waals surface area contributed by atoms with Crippen LogP contribution in [0.2, 0.25) is 0 Å². The minimum atomic E-state index is -3.92. The van der Waals surface area contributed by atoms with Crippen molar-refractivity contribution in [2.24, 2.45) is 5.14 Å². The van der Waals surface area contributed by atoms with E-state index in [1.165, 1.54) is 28.6 Å². The zero-order valence-electron chi connectivity index (χ0n) is 19.2. The first kappa shape index (κ1) is 25.4. The summed E-state index contributed by atoms with van der Waals surface area (Å²) in [5.41, 5.74) is 2.66. The molecule has 0 radical (unpaired) electrons. The van der Waals surface area contributed by atoms with Crippen molar-refractivity contribution in [1.29, 1.82) is 0 Å². The van der Waals surface area contributed by atoms with Crippen molar-refractivity contribution in [3.05, 3.63) is 53.1 Å². The van der Waals surface area contributed by atoms with Crippen molar-refractivity contribution in [3.8, 4) is 0 Å². The van der Waals surface area contributed by atoms with Gasteiger partial charge in [0, 0.05) is 11.7 Å². The van der Waals surface area contributed by atoms with E-state index in [1.54, 1.807) is 13.8 Å². The predicted molar refractivity (Wildman–Crippen MR) is 128 cm³/mol. The fourth-order valence-corrected chi connectivity index (χ4v) is 7.11. The van der Waals surface area contributed by atoms with Crippen molar-refractivity contribution in [3.63, 3.8) is 0 Å². The summed E-state index contributed by atoms with van der Waals surface area (Å²) < 4.78 is 51.8. The molecule has 1 saturated carbocycles. The van der Waals surface area contributed by atoms with Crippen LogP contribution in [-0.2, 0) is 24.8 Å². The van der Waals surface area contributed by atoms with E-state index in [4.69, 9.17) is 5.14 Å². The van der Waals surface area contributed by atoms with Crippen molar-refractivity contribution in [2.45, 2.75) is 68.7 Å². The first-order chi connectivity index (χ1) is 15.4. The van der Waals surface area contributed by atoms with Gasteiger partial charge in [0.05, 0.1) is 16.3 Å². The van der Waals surface area contributed by atoms with Crippen molar-refractivity contribution < 1.29 is 21.6 Å². The Morgan fingerprint density at radius 2 is 1.52 bits per heavy atom. The third-order valence-corrected chi connectivity index (χ3v) is 9.05. The Morgan fingerprint density at radius 3 is 2.03 bits per heavy atom. The van der Waals surface area contributed by atoms with Gasteiger partial charge in [0.25, 0.3) is 0 Å². The van der Waals surface area contributed by atoms with Gasteiger partial charge in [-0.25, -0.2) is 22.0 Å². The van der Waals surface area contributed by atoms with E-state index in [0.717, 1.165) is 24.8 Å². The number of primary sulfonamides is 1. The standard InChI is InChI=1S/C23H31N3O5S2/c1-16-13-17(2)23(18(3)14-16)33(30,31)26(20-7-5-4-6-8-20)15-22(27)25-19-9-11-21(12-10-19)32(24,28)29/h9-14,20H,4-8,15H2,1-3H3,(H,25,27)(H2,24,28,29). The predicted octanol–water partition coefficient (Wildman–Crippen LogP) is 3.22. The van der Waals surface area contributed by atoms with Crippen molar-refractivity contribution in [1.82, 2.24) is 4.31 Å². The molecule has 0 heterocycles. The smallest absolute Gasteiger partial charge is 0.244 e. The lowest BCUT2D eigenvalue weighted by Gasteiger charge is -2.33. The molecular formula is C23H31N3O5S2. The maximum Gasteiger partial charge on any atom is 0.244 e. The van der Waals surface area contributed by atoms with Gasteiger partial charge < -0.3 is 5.32 Å². The molecule has 3 N–H and O–H groups in total. The molecule has 2 aromatic rings. The van der Waals surface area contributed by atoms with E-state index in [-0.39, 0.29) is 22.4 Å². The number of benzene rings is 2. The molecule has 180 valence electrons. The Kier molecular flexibility index (Phi) is 7.62. The Morgan fingerprint density at radius 1 is 0.970 bits per heavy atom. The van der Waals surface area contributed by atoms with Gasteiger partial charge in [-0.3, -0.25) is 4.79 Å². The Balaban J connectivity index is 1.89. The van der Waals surface area contributed by atoms with Gasteiger partial charge in [-0.1, -0.05) is 37.0 Å². The summed E-state index contributed by atoms with van der Waals surface area (Å²) in [6.07, 6.45) is 4.30. The molecule has 1 aliphatic rings. The highest BCUT2D eigenvalue weighted by Gasteiger charge is 2.35. The largest absolute Gasteiger partial charge is 0.325 e. The molecule has 0 atom stereocenters. The lowest BCUT2D eigenvalue weighted by atomic mass is 9.95. The number of hydrogen-bond donors (Lipinski definition) is 2. The second-order valence-corrected chi connectivity index (χ2v) is 12.1. The summed E-state index contributed by atoms with van der Waals surface area (Å²) in [7, 11) is -7.76. The van der Waals surface area contributed by atoms with Crippen LogP contribution in [0, 0.1) is 20.8 Å². The molecule has 3 rings (SSSR count). The van der Waals surface area contributed by atoms with Gasteiger partial charge in [-0.15, -0.1) is 0 Å². The molecule has 10 heteroatoms. The van der Waals surface area contributed by atoms with Crippen LogP contribution in [0.5, 0.6) is 0 Å². The van der Waals surface area contributed by atoms with Crippen LogP contribution in [0.15, 0.2) is 46.2 Å². The number of nitrogens with two attached hydrogens (primary N) is 1. The minimum absolute atomic E-state index is 0.0720. The lowest BCUT2D eigenvalue weighted by molar-refractivity contribution is -0.116. The van der Waals surface area contributed by atoms with Crippen LogP contribution in [0.25, 0.3) is 0 Å². The average Bonchev–Trinajstić information content (AvgIpc) is 2.71. The number of carbonyl (C=O) groups is 1. The zero-order chi connectivity index (χ0) is 24.4. The first-order valence-electron chi connectivity index (χ1n) is 10.9. The third-order valence-electron chi connectivity index (χ3n) is 5.92. The van der Waals surface area contributed by atoms with Crippen LogP contribution < -0.4 is 10.5 Å². The number of aryl methyl sites for hydroxylation is 3. The first-order valence-corrected chi connectivity index (χ1v) is 13.9. The normalized spacial score (nSPS) is 15.5. The number of amides is 1. The molecule has 0 aliphatic heterocycles. The number of carbonyl (C=O) groups excluding carboxylic acids is 1. The van der Waals surface area contributed by atoms with E-state index in [2.05, 4.69) is 5.32 Å². The SMILES string of the molecule is Cc1cc(C)c(S(=O)(=O)N(CC(=O)Nc2ccc(S(N)(=O)=O)cc2)C2CCCCC2)c(C)c1. The summed E-state index contributed by atoms with van der Waals surface area (Å²) in [4.78, 5) is 13.1. The highest BCUT2D eigenvalue weighted by Crippen LogP contribution is 2.31. The minimum Gasteiger partial charge on any atom is -0.325 e. The molecule has 0 saturated heterocycles. The Hall–Kier alpha value is -2.27. The number of nitrogens with zero attached hydrogens (tertiary/aromatic N) is 1. The third kappa shape index (κ3) is 6.00. The molecule has 8 nitrogen and oxygen atoms in total. The molecule has 0 bridgehead atoms. The Labute approximate surface area is 196 Å². The molecular weight excluding hydrogens is 462 g/mol. The highest BCUT2D eigenvalue weighted by atomic mass is 32.2. The molecule has 1 aliphatic carbocycles. The lowest BCUT2D eigenvalue weighted by Crippen LogP contribution is -2.46. The highest BCUT2D eigenvalue weighted by molar-refractivity contribution is 7.89. The monoisotopic (exact) mass is 493 g/mol. The Bertz CT molecular complexity index is 1210. The topological polar surface area (TPSA) is 127 Å². The quantitative estimate of drug-likeness (QED) is 0.612. The van der Waals surface area contributed by atoms with Gasteiger partial charge >= 0.3 is 0 Å². The van der Waals surface area contributed by atoms with Gasteiger partial charge in [0.1, 0.15) is 0 Å². The summed E-state index contributed by atoms with van der Waals surface area (Å²) in [6.45, 7) is 5.15. The van der Waals surface area contributed by atoms with E-state index < -0.39 is 26.0 Å². The summed E-state index contributed by atoms with van der Waals surface area (Å²) in [5.74, 6) is -0.491. The molecule has 1 fully saturated rings. The van der Waals surface area contributed by atoms with Crippen LogP contribution in [0.4, 0.5) is 5.69 Å². The number of nitrogens with one attached hydrogen (secondary N) is 1. The van der Waals surface area contributed by atoms with Crippen LogP contribution in [0.3, 0.4) is 0 Å². The molecule has 1 amide bonds. The molecule has 2 aromatic carbocycles. The van der Waals surface area contributed by atoms with Gasteiger partial charge in [-0.2, -0.15) is 4.31 Å². The van der Waals surface area contributed by atoms with E-state index >= 15 is 0 Å².